The molecular formula is C25H26FNO3. The fourth-order valence-electron chi connectivity index (χ4n) is 3.72. The monoisotopic (exact) mass is 407 g/mol. The van der Waals surface area contributed by atoms with E-state index in [9.17, 15) is 9.18 Å². The molecule has 4 nitrogen and oxygen atoms in total. The molecule has 156 valence electrons. The molecule has 1 saturated carbocycles. The predicted octanol–water partition coefficient (Wildman–Crippen LogP) is 3.75. The summed E-state index contributed by atoms with van der Waals surface area (Å²) in [6, 6.07) is 14.6. The van der Waals surface area contributed by atoms with E-state index < -0.39 is 0 Å². The summed E-state index contributed by atoms with van der Waals surface area (Å²) in [5, 5.41) is 0. The molecule has 0 N–H and O–H groups in total. The fraction of sp³-hybridized carbons (Fsp3) is 0.400. The molecule has 0 aromatic heterocycles. The van der Waals surface area contributed by atoms with Crippen LogP contribution in [-0.2, 0) is 20.8 Å². The van der Waals surface area contributed by atoms with Gasteiger partial charge in [-0.25, -0.2) is 4.39 Å². The summed E-state index contributed by atoms with van der Waals surface area (Å²) in [6.45, 7) is 4.81. The summed E-state index contributed by atoms with van der Waals surface area (Å²) in [7, 11) is 0. The van der Waals surface area contributed by atoms with E-state index in [1.807, 2.05) is 12.1 Å². The van der Waals surface area contributed by atoms with E-state index in [2.05, 4.69) is 28.9 Å². The third kappa shape index (κ3) is 5.69. The topological polar surface area (TPSA) is 38.8 Å². The zero-order chi connectivity index (χ0) is 20.8. The number of carbonyl (C=O) groups is 1. The molecule has 1 aliphatic heterocycles. The first-order valence-electron chi connectivity index (χ1n) is 10.5. The van der Waals surface area contributed by atoms with Crippen LogP contribution in [0.1, 0.15) is 35.4 Å². The summed E-state index contributed by atoms with van der Waals surface area (Å²) in [5.41, 5.74) is 3.23. The molecular weight excluding hydrogens is 381 g/mol. The summed E-state index contributed by atoms with van der Waals surface area (Å²) in [6.07, 6.45) is 1.28. The zero-order valence-electron chi connectivity index (χ0n) is 17.0. The second kappa shape index (κ2) is 9.88. The van der Waals surface area contributed by atoms with Crippen molar-refractivity contribution < 1.29 is 18.7 Å². The van der Waals surface area contributed by atoms with Crippen LogP contribution in [0.3, 0.4) is 0 Å². The molecule has 1 heterocycles. The van der Waals surface area contributed by atoms with E-state index in [0.717, 1.165) is 50.4 Å². The SMILES string of the molecule is O=C(OCCC#Cc1ccc(CN2CCOCC2)cc1)[C@H]1C[C@H]1c1ccc(F)cc1. The lowest BCUT2D eigenvalue weighted by Crippen LogP contribution is -2.35. The van der Waals surface area contributed by atoms with Crippen LogP contribution in [0, 0.1) is 23.6 Å². The molecule has 2 aliphatic rings. The number of ether oxygens (including phenoxy) is 2. The van der Waals surface area contributed by atoms with Crippen LogP contribution in [0.2, 0.25) is 0 Å². The van der Waals surface area contributed by atoms with Crippen molar-refractivity contribution in [2.45, 2.75) is 25.3 Å². The van der Waals surface area contributed by atoms with Gasteiger partial charge in [-0.2, -0.15) is 0 Å². The first-order valence-corrected chi connectivity index (χ1v) is 10.5. The number of esters is 1. The minimum atomic E-state index is -0.260. The summed E-state index contributed by atoms with van der Waals surface area (Å²) >= 11 is 0. The Morgan fingerprint density at radius 2 is 1.83 bits per heavy atom. The number of benzene rings is 2. The number of carbonyl (C=O) groups excluding carboxylic acids is 1. The largest absolute Gasteiger partial charge is 0.464 e. The molecule has 0 unspecified atom stereocenters. The molecule has 4 rings (SSSR count). The lowest BCUT2D eigenvalue weighted by molar-refractivity contribution is -0.145. The van der Waals surface area contributed by atoms with Gasteiger partial charge in [0.05, 0.1) is 19.1 Å². The summed E-state index contributed by atoms with van der Waals surface area (Å²) in [5.74, 6) is 5.80. The van der Waals surface area contributed by atoms with Gasteiger partial charge in [-0.1, -0.05) is 36.1 Å². The van der Waals surface area contributed by atoms with E-state index >= 15 is 0 Å². The Bertz CT molecular complexity index is 908. The fourth-order valence-corrected chi connectivity index (χ4v) is 3.72. The van der Waals surface area contributed by atoms with E-state index in [1.54, 1.807) is 12.1 Å². The quantitative estimate of drug-likeness (QED) is 0.415. The van der Waals surface area contributed by atoms with Gasteiger partial charge >= 0.3 is 5.97 Å². The van der Waals surface area contributed by atoms with Crippen molar-refractivity contribution >= 4 is 5.97 Å². The number of rotatable bonds is 6. The lowest BCUT2D eigenvalue weighted by atomic mass is 10.1. The Labute approximate surface area is 177 Å². The van der Waals surface area contributed by atoms with E-state index in [-0.39, 0.29) is 23.6 Å². The molecule has 0 bridgehead atoms. The smallest absolute Gasteiger partial charge is 0.309 e. The maximum absolute atomic E-state index is 13.0. The number of halogens is 1. The van der Waals surface area contributed by atoms with Crippen molar-refractivity contribution in [2.24, 2.45) is 5.92 Å². The highest BCUT2D eigenvalue weighted by atomic mass is 19.1. The minimum Gasteiger partial charge on any atom is -0.464 e. The molecule has 2 aromatic carbocycles. The van der Waals surface area contributed by atoms with Gasteiger partial charge in [-0.15, -0.1) is 0 Å². The highest BCUT2D eigenvalue weighted by molar-refractivity contribution is 5.77. The van der Waals surface area contributed by atoms with Crippen LogP contribution in [0.4, 0.5) is 4.39 Å². The van der Waals surface area contributed by atoms with Gasteiger partial charge in [-0.3, -0.25) is 9.69 Å². The molecule has 0 spiro atoms. The van der Waals surface area contributed by atoms with Crippen molar-refractivity contribution in [3.8, 4) is 11.8 Å². The summed E-state index contributed by atoms with van der Waals surface area (Å²) < 4.78 is 23.7. The Morgan fingerprint density at radius 3 is 2.57 bits per heavy atom. The molecule has 0 amide bonds. The molecule has 1 saturated heterocycles. The van der Waals surface area contributed by atoms with Gasteiger partial charge in [0, 0.05) is 31.6 Å². The molecule has 2 atom stereocenters. The standard InChI is InChI=1S/C25H26FNO3/c26-22-10-8-21(9-11-22)23-17-24(23)25(28)30-14-2-1-3-19-4-6-20(7-5-19)18-27-12-15-29-16-13-27/h4-11,23-24H,2,12-18H2/t23-,24-/m0/s1. The second-order valence-electron chi connectivity index (χ2n) is 7.80. The second-order valence-corrected chi connectivity index (χ2v) is 7.80. The Balaban J connectivity index is 1.16. The lowest BCUT2D eigenvalue weighted by Gasteiger charge is -2.26. The molecule has 0 radical (unpaired) electrons. The van der Waals surface area contributed by atoms with Crippen LogP contribution in [0.5, 0.6) is 0 Å². The number of morpholine rings is 1. The highest BCUT2D eigenvalue weighted by Crippen LogP contribution is 2.48. The maximum Gasteiger partial charge on any atom is 0.309 e. The van der Waals surface area contributed by atoms with Crippen molar-refractivity contribution in [1.29, 1.82) is 0 Å². The van der Waals surface area contributed by atoms with Gasteiger partial charge in [0.25, 0.3) is 0 Å². The van der Waals surface area contributed by atoms with Gasteiger partial charge in [-0.05, 0) is 47.7 Å². The third-order valence-corrected chi connectivity index (χ3v) is 5.56. The average Bonchev–Trinajstić information content (AvgIpc) is 3.57. The first-order chi connectivity index (χ1) is 14.7. The van der Waals surface area contributed by atoms with Crippen LogP contribution < -0.4 is 0 Å². The Morgan fingerprint density at radius 1 is 1.10 bits per heavy atom. The van der Waals surface area contributed by atoms with Crippen molar-refractivity contribution in [2.75, 3.05) is 32.9 Å². The van der Waals surface area contributed by atoms with Gasteiger partial charge in [0.2, 0.25) is 0 Å². The van der Waals surface area contributed by atoms with Crippen molar-refractivity contribution in [3.63, 3.8) is 0 Å². The Kier molecular flexibility index (Phi) is 6.78. The van der Waals surface area contributed by atoms with Crippen LogP contribution >= 0.6 is 0 Å². The number of hydrogen-bond donors (Lipinski definition) is 0. The zero-order valence-corrected chi connectivity index (χ0v) is 17.0. The number of nitrogens with zero attached hydrogens (tertiary/aromatic N) is 1. The van der Waals surface area contributed by atoms with Crippen LogP contribution in [0.15, 0.2) is 48.5 Å². The molecule has 5 heteroatoms. The van der Waals surface area contributed by atoms with E-state index in [4.69, 9.17) is 9.47 Å². The number of hydrogen-bond acceptors (Lipinski definition) is 4. The molecule has 2 fully saturated rings. The van der Waals surface area contributed by atoms with Crippen LogP contribution in [-0.4, -0.2) is 43.8 Å². The molecule has 1 aliphatic carbocycles. The average molecular weight is 407 g/mol. The summed E-state index contributed by atoms with van der Waals surface area (Å²) in [4.78, 5) is 14.5. The third-order valence-electron chi connectivity index (χ3n) is 5.56. The van der Waals surface area contributed by atoms with Crippen molar-refractivity contribution in [3.05, 3.63) is 71.0 Å². The van der Waals surface area contributed by atoms with Gasteiger partial charge in [0.15, 0.2) is 0 Å². The Hall–Kier alpha value is -2.68. The van der Waals surface area contributed by atoms with Crippen LogP contribution in [0.25, 0.3) is 0 Å². The van der Waals surface area contributed by atoms with E-state index in [0.29, 0.717) is 13.0 Å². The normalized spacial score (nSPS) is 20.8. The molecule has 30 heavy (non-hydrogen) atoms. The van der Waals surface area contributed by atoms with Crippen molar-refractivity contribution in [1.82, 2.24) is 4.90 Å². The first kappa shape index (κ1) is 20.6. The molecule has 2 aromatic rings. The predicted molar refractivity (Wildman–Crippen MR) is 112 cm³/mol. The maximum atomic E-state index is 13.0. The van der Waals surface area contributed by atoms with E-state index in [1.165, 1.54) is 17.7 Å². The van der Waals surface area contributed by atoms with Gasteiger partial charge < -0.3 is 9.47 Å². The minimum absolute atomic E-state index is 0.109. The van der Waals surface area contributed by atoms with Gasteiger partial charge in [0.1, 0.15) is 12.4 Å². The highest BCUT2D eigenvalue weighted by Gasteiger charge is 2.45.